The number of nitrogens with one attached hydrogen (secondary N) is 2. The maximum absolute atomic E-state index is 13.2. The van der Waals surface area contributed by atoms with Gasteiger partial charge < -0.3 is 10.6 Å². The Hall–Kier alpha value is -3.45. The summed E-state index contributed by atoms with van der Waals surface area (Å²) in [5.41, 5.74) is 1.32. The van der Waals surface area contributed by atoms with E-state index in [1.165, 1.54) is 6.07 Å². The van der Waals surface area contributed by atoms with E-state index < -0.39 is 17.5 Å². The van der Waals surface area contributed by atoms with Crippen LogP contribution < -0.4 is 16.2 Å². The summed E-state index contributed by atoms with van der Waals surface area (Å²) in [7, 11) is 0. The number of carbonyl (C=O) groups is 2. The predicted octanol–water partition coefficient (Wildman–Crippen LogP) is 4.75. The van der Waals surface area contributed by atoms with Crippen molar-refractivity contribution in [3.05, 3.63) is 76.0 Å². The van der Waals surface area contributed by atoms with Crippen LogP contribution in [0, 0.1) is 5.92 Å². The smallest absolute Gasteiger partial charge is 0.291 e. The molecule has 1 heterocycles. The van der Waals surface area contributed by atoms with Crippen molar-refractivity contribution < 1.29 is 9.59 Å². The number of hydrogen-bond acceptors (Lipinski definition) is 4. The fraction of sp³-hybridized carbons (Fsp3) is 0.250. The molecular weight excluding hydrogens is 428 g/mol. The molecule has 2 aromatic carbocycles. The van der Waals surface area contributed by atoms with Crippen molar-refractivity contribution in [2.24, 2.45) is 5.92 Å². The van der Waals surface area contributed by atoms with Crippen LogP contribution in [0.3, 0.4) is 0 Å². The number of hydrogen-bond donors (Lipinski definition) is 2. The molecule has 7 nitrogen and oxygen atoms in total. The molecule has 3 aromatic rings. The summed E-state index contributed by atoms with van der Waals surface area (Å²) in [6.45, 7) is 5.27. The Kier molecular flexibility index (Phi) is 7.43. The molecule has 1 unspecified atom stereocenters. The second kappa shape index (κ2) is 10.2. The molecule has 8 heteroatoms. The van der Waals surface area contributed by atoms with E-state index in [1.807, 2.05) is 30.3 Å². The first-order chi connectivity index (χ1) is 15.3. The highest BCUT2D eigenvalue weighted by Crippen LogP contribution is 2.21. The first-order valence-corrected chi connectivity index (χ1v) is 10.7. The van der Waals surface area contributed by atoms with Crippen molar-refractivity contribution in [1.82, 2.24) is 9.78 Å². The van der Waals surface area contributed by atoms with Crippen LogP contribution in [-0.2, 0) is 9.59 Å². The number of amides is 2. The molecule has 0 saturated carbocycles. The van der Waals surface area contributed by atoms with Crippen LogP contribution in [0.1, 0.15) is 33.2 Å². The normalized spacial score (nSPS) is 11.8. The molecule has 0 fully saturated rings. The van der Waals surface area contributed by atoms with Crippen LogP contribution in [0.15, 0.2) is 65.5 Å². The molecule has 1 atom stereocenters. The van der Waals surface area contributed by atoms with Crippen molar-refractivity contribution in [2.75, 3.05) is 10.6 Å². The fourth-order valence-corrected chi connectivity index (χ4v) is 3.19. The van der Waals surface area contributed by atoms with Gasteiger partial charge in [0.1, 0.15) is 11.7 Å². The third-order valence-corrected chi connectivity index (χ3v) is 5.14. The molecular formula is C24H25ClN4O3. The molecule has 1 aromatic heterocycles. The van der Waals surface area contributed by atoms with Crippen molar-refractivity contribution in [1.29, 1.82) is 0 Å². The Morgan fingerprint density at radius 3 is 2.25 bits per heavy atom. The number of anilines is 2. The molecule has 0 radical (unpaired) electrons. The van der Waals surface area contributed by atoms with Gasteiger partial charge in [0, 0.05) is 22.2 Å². The van der Waals surface area contributed by atoms with E-state index in [2.05, 4.69) is 15.7 Å². The monoisotopic (exact) mass is 452 g/mol. The Morgan fingerprint density at radius 2 is 1.66 bits per heavy atom. The number of benzene rings is 2. The first-order valence-electron chi connectivity index (χ1n) is 10.4. The van der Waals surface area contributed by atoms with E-state index in [1.54, 1.807) is 45.0 Å². The van der Waals surface area contributed by atoms with Crippen LogP contribution in [0.2, 0.25) is 5.02 Å². The quantitative estimate of drug-likeness (QED) is 0.541. The average Bonchev–Trinajstić information content (AvgIpc) is 2.78. The topological polar surface area (TPSA) is 93.1 Å². The van der Waals surface area contributed by atoms with Gasteiger partial charge >= 0.3 is 0 Å². The average molecular weight is 453 g/mol. The number of carbonyl (C=O) groups excluding carboxylic acids is 2. The zero-order valence-corrected chi connectivity index (χ0v) is 18.9. The molecule has 0 aliphatic rings. The standard InChI is InChI=1S/C24H25ClN4O3/c1-4-21(23(31)26-18-12-10-17(25)11-13-18)29-24(32)20(27-22(30)15(2)3)14-19(28-29)16-8-6-5-7-9-16/h5-15,21H,4H2,1-3H3,(H,26,31)(H,27,30). The predicted molar refractivity (Wildman–Crippen MR) is 127 cm³/mol. The number of nitrogens with zero attached hydrogens (tertiary/aromatic N) is 2. The first kappa shape index (κ1) is 23.2. The highest BCUT2D eigenvalue weighted by atomic mass is 35.5. The maximum Gasteiger partial charge on any atom is 0.291 e. The van der Waals surface area contributed by atoms with Gasteiger partial charge in [0.15, 0.2) is 0 Å². The summed E-state index contributed by atoms with van der Waals surface area (Å²) in [6.07, 6.45) is 0.322. The van der Waals surface area contributed by atoms with Crippen LogP contribution in [0.4, 0.5) is 11.4 Å². The molecule has 0 aliphatic heterocycles. The van der Waals surface area contributed by atoms with Crippen molar-refractivity contribution in [2.45, 2.75) is 33.2 Å². The van der Waals surface area contributed by atoms with Gasteiger partial charge in [0.25, 0.3) is 5.56 Å². The molecule has 2 amide bonds. The van der Waals surface area contributed by atoms with Crippen LogP contribution in [0.25, 0.3) is 11.3 Å². The molecule has 3 rings (SSSR count). The Labute approximate surface area is 191 Å². The van der Waals surface area contributed by atoms with Gasteiger partial charge in [-0.15, -0.1) is 0 Å². The molecule has 2 N–H and O–H groups in total. The van der Waals surface area contributed by atoms with E-state index in [9.17, 15) is 14.4 Å². The highest BCUT2D eigenvalue weighted by Gasteiger charge is 2.24. The number of aromatic nitrogens is 2. The molecule has 0 spiro atoms. The molecule has 0 aliphatic carbocycles. The SMILES string of the molecule is CCC(C(=O)Nc1ccc(Cl)cc1)n1nc(-c2ccccc2)cc(NC(=O)C(C)C)c1=O. The van der Waals surface area contributed by atoms with E-state index >= 15 is 0 Å². The zero-order chi connectivity index (χ0) is 23.3. The third kappa shape index (κ3) is 5.42. The lowest BCUT2D eigenvalue weighted by molar-refractivity contribution is -0.120. The second-order valence-corrected chi connectivity index (χ2v) is 8.06. The summed E-state index contributed by atoms with van der Waals surface area (Å²) in [5.74, 6) is -1.00. The van der Waals surface area contributed by atoms with Gasteiger partial charge in [-0.1, -0.05) is 62.7 Å². The second-order valence-electron chi connectivity index (χ2n) is 7.62. The summed E-state index contributed by atoms with van der Waals surface area (Å²) >= 11 is 5.91. The van der Waals surface area contributed by atoms with Crippen LogP contribution in [-0.4, -0.2) is 21.6 Å². The lowest BCUT2D eigenvalue weighted by Gasteiger charge is -2.19. The zero-order valence-electron chi connectivity index (χ0n) is 18.1. The van der Waals surface area contributed by atoms with Crippen molar-refractivity contribution in [3.63, 3.8) is 0 Å². The number of halogens is 1. The molecule has 0 bridgehead atoms. The van der Waals surface area contributed by atoms with E-state index in [-0.39, 0.29) is 17.5 Å². The van der Waals surface area contributed by atoms with Crippen molar-refractivity contribution >= 4 is 34.8 Å². The van der Waals surface area contributed by atoms with Crippen LogP contribution in [0.5, 0.6) is 0 Å². The van der Waals surface area contributed by atoms with Gasteiger partial charge in [0.05, 0.1) is 5.69 Å². The molecule has 0 saturated heterocycles. The summed E-state index contributed by atoms with van der Waals surface area (Å²) in [4.78, 5) is 38.5. The van der Waals surface area contributed by atoms with E-state index in [0.29, 0.717) is 22.8 Å². The van der Waals surface area contributed by atoms with Gasteiger partial charge in [-0.3, -0.25) is 14.4 Å². The molecule has 32 heavy (non-hydrogen) atoms. The highest BCUT2D eigenvalue weighted by molar-refractivity contribution is 6.30. The summed E-state index contributed by atoms with van der Waals surface area (Å²) in [5, 5.41) is 10.5. The lowest BCUT2D eigenvalue weighted by Crippen LogP contribution is -2.37. The van der Waals surface area contributed by atoms with Gasteiger partial charge in [-0.2, -0.15) is 5.10 Å². The maximum atomic E-state index is 13.2. The minimum Gasteiger partial charge on any atom is -0.324 e. The van der Waals surface area contributed by atoms with Gasteiger partial charge in [-0.25, -0.2) is 4.68 Å². The Morgan fingerprint density at radius 1 is 1.00 bits per heavy atom. The third-order valence-electron chi connectivity index (χ3n) is 4.88. The lowest BCUT2D eigenvalue weighted by atomic mass is 10.1. The Bertz CT molecular complexity index is 1160. The Balaban J connectivity index is 2.05. The fourth-order valence-electron chi connectivity index (χ4n) is 3.07. The largest absolute Gasteiger partial charge is 0.324 e. The molecule has 166 valence electrons. The summed E-state index contributed by atoms with van der Waals surface area (Å²) in [6, 6.07) is 16.6. The number of rotatable bonds is 7. The minimum atomic E-state index is -0.878. The minimum absolute atomic E-state index is 0.0790. The van der Waals surface area contributed by atoms with E-state index in [4.69, 9.17) is 11.6 Å². The van der Waals surface area contributed by atoms with Crippen LogP contribution >= 0.6 is 11.6 Å². The van der Waals surface area contributed by atoms with Gasteiger partial charge in [-0.05, 0) is 36.8 Å². The van der Waals surface area contributed by atoms with Gasteiger partial charge in [0.2, 0.25) is 11.8 Å². The van der Waals surface area contributed by atoms with E-state index in [0.717, 1.165) is 10.2 Å². The summed E-state index contributed by atoms with van der Waals surface area (Å²) < 4.78 is 1.14. The van der Waals surface area contributed by atoms with Crippen molar-refractivity contribution in [3.8, 4) is 11.3 Å².